The van der Waals surface area contributed by atoms with Gasteiger partial charge in [0.1, 0.15) is 0 Å². The maximum Gasteiger partial charge on any atom is 0.245 e. The zero-order valence-electron chi connectivity index (χ0n) is 21.6. The molecule has 0 bridgehead atoms. The summed E-state index contributed by atoms with van der Waals surface area (Å²) in [5, 5.41) is 13.9. The van der Waals surface area contributed by atoms with Crippen molar-refractivity contribution < 1.29 is 13.2 Å². The van der Waals surface area contributed by atoms with Crippen molar-refractivity contribution in [1.82, 2.24) is 33.6 Å². The summed E-state index contributed by atoms with van der Waals surface area (Å²) < 4.78 is 33.4. The van der Waals surface area contributed by atoms with Crippen LogP contribution in [-0.4, -0.2) is 81.9 Å². The molecular weight excluding hydrogens is 516 g/mol. The SMILES string of the molecule is CN(Cc1ccccc1-c1ccc2cnc(Nc3ccc4cn(CCN5CCOCC5)nc4c3)nn12)[SH](=O)=O. The van der Waals surface area contributed by atoms with Crippen molar-refractivity contribution in [2.45, 2.75) is 13.1 Å². The molecule has 0 radical (unpaired) electrons. The molecular formula is C27H30N8O3S. The number of hydrogen-bond donors (Lipinski definition) is 2. The third-order valence-electron chi connectivity index (χ3n) is 6.93. The van der Waals surface area contributed by atoms with Gasteiger partial charge in [-0.05, 0) is 35.9 Å². The first-order valence-electron chi connectivity index (χ1n) is 12.9. The van der Waals surface area contributed by atoms with E-state index in [-0.39, 0.29) is 6.54 Å². The first kappa shape index (κ1) is 25.4. The third kappa shape index (κ3) is 5.64. The van der Waals surface area contributed by atoms with Gasteiger partial charge in [0, 0.05) is 56.1 Å². The van der Waals surface area contributed by atoms with Crippen molar-refractivity contribution in [3.05, 3.63) is 72.6 Å². The lowest BCUT2D eigenvalue weighted by atomic mass is 10.0. The molecule has 0 atom stereocenters. The fourth-order valence-electron chi connectivity index (χ4n) is 4.83. The quantitative estimate of drug-likeness (QED) is 0.272. The third-order valence-corrected chi connectivity index (χ3v) is 7.63. The standard InChI is InChI=1S/C27H30N8O3S/c1-32(39(36)37)18-20-4-2-3-5-24(20)26-9-8-23-17-28-27(31-35(23)26)29-22-7-6-21-19-34(30-25(21)16-22)11-10-33-12-14-38-15-13-33/h2-9,16-17,19,39H,10-15,18H2,1H3,(H,29,31). The fourth-order valence-corrected chi connectivity index (χ4v) is 5.10. The molecule has 0 spiro atoms. The number of nitrogens with one attached hydrogen (secondary N) is 1. The van der Waals surface area contributed by atoms with Crippen molar-refractivity contribution in [2.75, 3.05) is 45.2 Å². The van der Waals surface area contributed by atoms with Crippen LogP contribution >= 0.6 is 0 Å². The van der Waals surface area contributed by atoms with E-state index < -0.39 is 10.9 Å². The number of rotatable bonds is 9. The number of hydrogen-bond acceptors (Lipinski definition) is 8. The summed E-state index contributed by atoms with van der Waals surface area (Å²) >= 11 is 0. The van der Waals surface area contributed by atoms with E-state index in [1.54, 1.807) is 13.2 Å². The van der Waals surface area contributed by atoms with Crippen LogP contribution < -0.4 is 5.32 Å². The van der Waals surface area contributed by atoms with Crippen LogP contribution in [0.1, 0.15) is 5.56 Å². The Kier molecular flexibility index (Phi) is 7.24. The molecule has 0 amide bonds. The second kappa shape index (κ2) is 11.1. The zero-order valence-corrected chi connectivity index (χ0v) is 22.5. The molecule has 0 unspecified atom stereocenters. The molecule has 6 rings (SSSR count). The monoisotopic (exact) mass is 546 g/mol. The number of aromatic nitrogens is 5. The highest BCUT2D eigenvalue weighted by Gasteiger charge is 2.14. The van der Waals surface area contributed by atoms with Crippen molar-refractivity contribution >= 4 is 38.9 Å². The van der Waals surface area contributed by atoms with Crippen LogP contribution in [0.25, 0.3) is 27.7 Å². The molecule has 11 nitrogen and oxygen atoms in total. The Morgan fingerprint density at radius 2 is 1.87 bits per heavy atom. The van der Waals surface area contributed by atoms with Gasteiger partial charge >= 0.3 is 0 Å². The first-order valence-corrected chi connectivity index (χ1v) is 14.0. The highest BCUT2D eigenvalue weighted by Crippen LogP contribution is 2.27. The summed E-state index contributed by atoms with van der Waals surface area (Å²) in [5.74, 6) is 0.447. The van der Waals surface area contributed by atoms with Crippen LogP contribution in [0.3, 0.4) is 0 Å². The van der Waals surface area contributed by atoms with Gasteiger partial charge in [0.05, 0.1) is 42.7 Å². The molecule has 39 heavy (non-hydrogen) atoms. The molecule has 202 valence electrons. The molecule has 2 aromatic carbocycles. The minimum atomic E-state index is -2.66. The highest BCUT2D eigenvalue weighted by molar-refractivity contribution is 7.69. The average Bonchev–Trinajstić information content (AvgIpc) is 3.56. The molecule has 1 aliphatic heterocycles. The lowest BCUT2D eigenvalue weighted by Gasteiger charge is -2.26. The van der Waals surface area contributed by atoms with E-state index in [1.807, 2.05) is 63.8 Å². The maximum absolute atomic E-state index is 11.4. The Morgan fingerprint density at radius 1 is 1.03 bits per heavy atom. The van der Waals surface area contributed by atoms with E-state index in [9.17, 15) is 8.42 Å². The number of ether oxygens (including phenoxy) is 1. The van der Waals surface area contributed by atoms with E-state index >= 15 is 0 Å². The fraction of sp³-hybridized carbons (Fsp3) is 0.296. The Morgan fingerprint density at radius 3 is 2.72 bits per heavy atom. The smallest absolute Gasteiger partial charge is 0.245 e. The minimum Gasteiger partial charge on any atom is -0.379 e. The molecule has 3 aromatic heterocycles. The Bertz CT molecular complexity index is 1680. The van der Waals surface area contributed by atoms with E-state index in [0.29, 0.717) is 5.95 Å². The van der Waals surface area contributed by atoms with Gasteiger partial charge in [0.25, 0.3) is 0 Å². The van der Waals surface area contributed by atoms with E-state index in [2.05, 4.69) is 21.4 Å². The largest absolute Gasteiger partial charge is 0.379 e. The van der Waals surface area contributed by atoms with Gasteiger partial charge in [0.15, 0.2) is 0 Å². The Hall–Kier alpha value is -3.84. The normalized spacial score (nSPS) is 14.6. The number of anilines is 2. The highest BCUT2D eigenvalue weighted by atomic mass is 32.2. The van der Waals surface area contributed by atoms with Gasteiger partial charge in [-0.3, -0.25) is 9.58 Å². The van der Waals surface area contributed by atoms with E-state index in [0.717, 1.165) is 78.3 Å². The van der Waals surface area contributed by atoms with Crippen molar-refractivity contribution in [1.29, 1.82) is 0 Å². The average molecular weight is 547 g/mol. The van der Waals surface area contributed by atoms with Gasteiger partial charge < -0.3 is 10.1 Å². The summed E-state index contributed by atoms with van der Waals surface area (Å²) in [4.78, 5) is 6.89. The van der Waals surface area contributed by atoms with Crippen molar-refractivity contribution in [3.8, 4) is 11.3 Å². The predicted molar refractivity (Wildman–Crippen MR) is 150 cm³/mol. The van der Waals surface area contributed by atoms with Gasteiger partial charge in [0.2, 0.25) is 16.8 Å². The second-order valence-corrected chi connectivity index (χ2v) is 10.8. The molecule has 1 N–H and O–H groups in total. The van der Waals surface area contributed by atoms with Gasteiger partial charge in [-0.15, -0.1) is 5.10 Å². The van der Waals surface area contributed by atoms with Gasteiger partial charge in [-0.2, -0.15) is 5.10 Å². The lowest BCUT2D eigenvalue weighted by Crippen LogP contribution is -2.38. The maximum atomic E-state index is 11.4. The molecule has 12 heteroatoms. The molecule has 1 saturated heterocycles. The summed E-state index contributed by atoms with van der Waals surface area (Å²) in [6, 6.07) is 17.7. The summed E-state index contributed by atoms with van der Waals surface area (Å²) in [6.07, 6.45) is 3.84. The lowest BCUT2D eigenvalue weighted by molar-refractivity contribution is 0.0360. The van der Waals surface area contributed by atoms with Crippen LogP contribution in [0, 0.1) is 0 Å². The molecule has 5 aromatic rings. The Labute approximate surface area is 227 Å². The van der Waals surface area contributed by atoms with Crippen LogP contribution in [0.15, 0.2) is 67.0 Å². The second-order valence-electron chi connectivity index (χ2n) is 9.59. The number of benzene rings is 2. The van der Waals surface area contributed by atoms with E-state index in [1.165, 1.54) is 4.31 Å². The van der Waals surface area contributed by atoms with Gasteiger partial charge in [-0.25, -0.2) is 22.2 Å². The van der Waals surface area contributed by atoms with E-state index in [4.69, 9.17) is 14.9 Å². The minimum absolute atomic E-state index is 0.275. The molecule has 0 aliphatic carbocycles. The van der Waals surface area contributed by atoms with Crippen molar-refractivity contribution in [3.63, 3.8) is 0 Å². The summed E-state index contributed by atoms with van der Waals surface area (Å²) in [7, 11) is -1.10. The van der Waals surface area contributed by atoms with Crippen LogP contribution in [-0.2, 0) is 28.7 Å². The summed E-state index contributed by atoms with van der Waals surface area (Å²) in [6.45, 7) is 5.57. The predicted octanol–water partition coefficient (Wildman–Crippen LogP) is 2.78. The molecule has 0 saturated carbocycles. The van der Waals surface area contributed by atoms with Crippen molar-refractivity contribution in [2.24, 2.45) is 0 Å². The topological polar surface area (TPSA) is 110 Å². The molecule has 1 fully saturated rings. The molecule has 1 aliphatic rings. The van der Waals surface area contributed by atoms with Crippen LogP contribution in [0.4, 0.5) is 11.6 Å². The van der Waals surface area contributed by atoms with Crippen LogP contribution in [0.5, 0.6) is 0 Å². The van der Waals surface area contributed by atoms with Gasteiger partial charge in [-0.1, -0.05) is 24.3 Å². The number of nitrogens with zero attached hydrogens (tertiary/aromatic N) is 7. The number of thiol groups is 1. The zero-order chi connectivity index (χ0) is 26.8. The Balaban J connectivity index is 1.23. The molecule has 4 heterocycles. The first-order chi connectivity index (χ1) is 19.0. The number of morpholine rings is 1. The number of fused-ring (bicyclic) bond motifs is 2. The summed E-state index contributed by atoms with van der Waals surface area (Å²) in [5.41, 5.74) is 5.24. The van der Waals surface area contributed by atoms with Crippen LogP contribution in [0.2, 0.25) is 0 Å².